The highest BCUT2D eigenvalue weighted by atomic mass is 35.5. The third kappa shape index (κ3) is 3.51. The zero-order valence-corrected chi connectivity index (χ0v) is 14.1. The molecule has 0 aliphatic carbocycles. The summed E-state index contributed by atoms with van der Waals surface area (Å²) in [6.45, 7) is 0. The largest absolute Gasteiger partial charge is 0.497 e. The minimum atomic E-state index is -3.54. The summed E-state index contributed by atoms with van der Waals surface area (Å²) in [6, 6.07) is 10.3. The van der Waals surface area contributed by atoms with Crippen LogP contribution in [0.2, 0.25) is 0 Å². The van der Waals surface area contributed by atoms with Gasteiger partial charge in [-0.1, -0.05) is 0 Å². The number of benzene rings is 1. The van der Waals surface area contributed by atoms with Crippen LogP contribution in [0.5, 0.6) is 5.75 Å². The van der Waals surface area contributed by atoms with Crippen LogP contribution in [0, 0.1) is 0 Å². The highest BCUT2D eigenvalue weighted by Gasteiger charge is 2.23. The average molecular weight is 346 g/mol. The lowest BCUT2D eigenvalue weighted by Crippen LogP contribution is -2.25. The van der Waals surface area contributed by atoms with Crippen molar-refractivity contribution in [1.29, 1.82) is 0 Å². The molecule has 0 unspecified atom stereocenters. The summed E-state index contributed by atoms with van der Waals surface area (Å²) in [7, 11) is -0.432. The van der Waals surface area contributed by atoms with Gasteiger partial charge in [0.2, 0.25) is 0 Å². The third-order valence-corrected chi connectivity index (χ3v) is 6.62. The molecule has 0 N–H and O–H groups in total. The van der Waals surface area contributed by atoms with E-state index in [4.69, 9.17) is 16.3 Å². The first-order chi connectivity index (χ1) is 9.98. The zero-order valence-electron chi connectivity index (χ0n) is 11.7. The van der Waals surface area contributed by atoms with Gasteiger partial charge in [-0.2, -0.15) is 0 Å². The number of sulfonamides is 1. The van der Waals surface area contributed by atoms with Crippen molar-refractivity contribution in [2.75, 3.05) is 24.3 Å². The van der Waals surface area contributed by atoms with E-state index in [1.807, 2.05) is 6.07 Å². The number of nitrogens with zero attached hydrogens (tertiary/aromatic N) is 1. The molecule has 21 heavy (non-hydrogen) atoms. The first kappa shape index (κ1) is 16.1. The fraction of sp³-hybridized carbons (Fsp3) is 0.286. The van der Waals surface area contributed by atoms with Crippen LogP contribution in [0.3, 0.4) is 0 Å². The maximum atomic E-state index is 12.6. The van der Waals surface area contributed by atoms with Crippen molar-refractivity contribution in [2.45, 2.75) is 10.6 Å². The number of methoxy groups -OCH3 is 1. The predicted molar refractivity (Wildman–Crippen MR) is 87.3 cm³/mol. The monoisotopic (exact) mass is 345 g/mol. The molecule has 1 aromatic heterocycles. The van der Waals surface area contributed by atoms with Crippen molar-refractivity contribution in [3.63, 3.8) is 0 Å². The van der Waals surface area contributed by atoms with Crippen molar-refractivity contribution >= 4 is 38.6 Å². The molecule has 2 aromatic rings. The topological polar surface area (TPSA) is 46.6 Å². The Hall–Kier alpha value is -1.24. The smallest absolute Gasteiger partial charge is 0.273 e. The molecule has 0 saturated carbocycles. The summed E-state index contributed by atoms with van der Waals surface area (Å²) < 4.78 is 31.8. The molecule has 114 valence electrons. The van der Waals surface area contributed by atoms with E-state index >= 15 is 0 Å². The zero-order chi connectivity index (χ0) is 15.5. The van der Waals surface area contributed by atoms with Gasteiger partial charge in [-0.15, -0.1) is 22.9 Å². The summed E-state index contributed by atoms with van der Waals surface area (Å²) in [5.74, 6) is 1.17. The Morgan fingerprint density at radius 3 is 2.43 bits per heavy atom. The van der Waals surface area contributed by atoms with Crippen molar-refractivity contribution in [2.24, 2.45) is 0 Å². The maximum absolute atomic E-state index is 12.6. The molecule has 1 aromatic carbocycles. The van der Waals surface area contributed by atoms with Crippen molar-refractivity contribution in [3.05, 3.63) is 41.3 Å². The van der Waals surface area contributed by atoms with Crippen LogP contribution in [-0.2, 0) is 16.4 Å². The second kappa shape index (κ2) is 6.68. The van der Waals surface area contributed by atoms with Gasteiger partial charge in [0.05, 0.1) is 12.8 Å². The fourth-order valence-corrected chi connectivity index (χ4v) is 4.83. The standard InChI is InChI=1S/C14H16ClNO3S2/c1-16(11-3-5-12(19-2)6-4-11)21(17,18)14-8-7-13(20-14)9-10-15/h3-8H,9-10H2,1-2H3. The lowest BCUT2D eigenvalue weighted by atomic mass is 10.3. The van der Waals surface area contributed by atoms with E-state index in [-0.39, 0.29) is 0 Å². The second-order valence-electron chi connectivity index (χ2n) is 4.33. The van der Waals surface area contributed by atoms with Gasteiger partial charge < -0.3 is 4.74 Å². The number of thiophene rings is 1. The molecule has 0 aliphatic heterocycles. The second-order valence-corrected chi connectivity index (χ2v) is 8.07. The number of hydrogen-bond donors (Lipinski definition) is 0. The number of alkyl halides is 1. The van der Waals surface area contributed by atoms with Crippen LogP contribution >= 0.6 is 22.9 Å². The molecule has 1 heterocycles. The molecule has 0 atom stereocenters. The Bertz CT molecular complexity index is 695. The summed E-state index contributed by atoms with van der Waals surface area (Å²) in [5, 5.41) is 0. The normalized spacial score (nSPS) is 11.4. The van der Waals surface area contributed by atoms with Gasteiger partial charge in [-0.3, -0.25) is 4.31 Å². The van der Waals surface area contributed by atoms with Gasteiger partial charge in [0.15, 0.2) is 0 Å². The number of aryl methyl sites for hydroxylation is 1. The Kier molecular flexibility index (Phi) is 5.13. The Morgan fingerprint density at radius 1 is 1.19 bits per heavy atom. The van der Waals surface area contributed by atoms with E-state index in [0.717, 1.165) is 4.88 Å². The van der Waals surface area contributed by atoms with E-state index in [1.54, 1.807) is 37.4 Å². The fourth-order valence-electron chi connectivity index (χ4n) is 1.79. The van der Waals surface area contributed by atoms with E-state index in [0.29, 0.717) is 27.9 Å². The van der Waals surface area contributed by atoms with Gasteiger partial charge in [0, 0.05) is 17.8 Å². The molecule has 7 heteroatoms. The van der Waals surface area contributed by atoms with E-state index in [1.165, 1.54) is 22.7 Å². The molecule has 2 rings (SSSR count). The molecule has 4 nitrogen and oxygen atoms in total. The molecule has 0 bridgehead atoms. The van der Waals surface area contributed by atoms with Crippen LogP contribution < -0.4 is 9.04 Å². The van der Waals surface area contributed by atoms with Crippen molar-refractivity contribution in [1.82, 2.24) is 0 Å². The quantitative estimate of drug-likeness (QED) is 0.754. The van der Waals surface area contributed by atoms with E-state index in [9.17, 15) is 8.42 Å². The maximum Gasteiger partial charge on any atom is 0.273 e. The minimum Gasteiger partial charge on any atom is -0.497 e. The molecule has 0 amide bonds. The highest BCUT2D eigenvalue weighted by Crippen LogP contribution is 2.28. The number of halogens is 1. The summed E-state index contributed by atoms with van der Waals surface area (Å²) >= 11 is 6.94. The van der Waals surface area contributed by atoms with Gasteiger partial charge >= 0.3 is 0 Å². The SMILES string of the molecule is COc1ccc(N(C)S(=O)(=O)c2ccc(CCCl)s2)cc1. The Labute approximate surface area is 134 Å². The number of rotatable bonds is 6. The lowest BCUT2D eigenvalue weighted by molar-refractivity contribution is 0.415. The predicted octanol–water partition coefficient (Wildman–Crippen LogP) is 3.36. The summed E-state index contributed by atoms with van der Waals surface area (Å²) in [5.41, 5.74) is 0.586. The van der Waals surface area contributed by atoms with Gasteiger partial charge in [0.25, 0.3) is 10.0 Å². The van der Waals surface area contributed by atoms with Crippen LogP contribution in [0.25, 0.3) is 0 Å². The minimum absolute atomic E-state index is 0.320. The van der Waals surface area contributed by atoms with Gasteiger partial charge in [-0.05, 0) is 42.8 Å². The van der Waals surface area contributed by atoms with Crippen LogP contribution in [0.4, 0.5) is 5.69 Å². The highest BCUT2D eigenvalue weighted by molar-refractivity contribution is 7.94. The molecule has 0 aliphatic rings. The van der Waals surface area contributed by atoms with Crippen LogP contribution in [0.15, 0.2) is 40.6 Å². The van der Waals surface area contributed by atoms with Crippen LogP contribution in [0.1, 0.15) is 4.88 Å². The number of ether oxygens (including phenoxy) is 1. The van der Waals surface area contributed by atoms with Crippen molar-refractivity contribution < 1.29 is 13.2 Å². The molecule has 0 radical (unpaired) electrons. The van der Waals surface area contributed by atoms with Gasteiger partial charge in [-0.25, -0.2) is 8.42 Å². The number of anilines is 1. The lowest BCUT2D eigenvalue weighted by Gasteiger charge is -2.18. The molecule has 0 fully saturated rings. The van der Waals surface area contributed by atoms with E-state index < -0.39 is 10.0 Å². The number of hydrogen-bond acceptors (Lipinski definition) is 4. The molecular formula is C14H16ClNO3S2. The van der Waals surface area contributed by atoms with Crippen LogP contribution in [-0.4, -0.2) is 28.5 Å². The summed E-state index contributed by atoms with van der Waals surface area (Å²) in [6.07, 6.45) is 0.675. The van der Waals surface area contributed by atoms with E-state index in [2.05, 4.69) is 0 Å². The summed E-state index contributed by atoms with van der Waals surface area (Å²) in [4.78, 5) is 0.965. The first-order valence-electron chi connectivity index (χ1n) is 6.26. The first-order valence-corrected chi connectivity index (χ1v) is 9.06. The molecule has 0 spiro atoms. The van der Waals surface area contributed by atoms with Crippen molar-refractivity contribution in [3.8, 4) is 5.75 Å². The Morgan fingerprint density at radius 2 is 1.86 bits per heavy atom. The molecular weight excluding hydrogens is 330 g/mol. The third-order valence-electron chi connectivity index (χ3n) is 3.03. The van der Waals surface area contributed by atoms with Gasteiger partial charge in [0.1, 0.15) is 9.96 Å². The Balaban J connectivity index is 2.28. The molecule has 0 saturated heterocycles. The average Bonchev–Trinajstić information content (AvgIpc) is 2.96.